The Balaban J connectivity index is 2.47. The second-order valence-corrected chi connectivity index (χ2v) is 5.06. The molecule has 1 heterocycles. The van der Waals surface area contributed by atoms with Gasteiger partial charge < -0.3 is 5.32 Å². The smallest absolute Gasteiger partial charge is 0.250 e. The summed E-state index contributed by atoms with van der Waals surface area (Å²) in [7, 11) is 0. The van der Waals surface area contributed by atoms with E-state index in [-0.39, 0.29) is 11.6 Å². The fraction of sp³-hybridized carbons (Fsp3) is 0.467. The molecule has 0 saturated carbocycles. The van der Waals surface area contributed by atoms with Gasteiger partial charge in [0.15, 0.2) is 11.6 Å². The van der Waals surface area contributed by atoms with E-state index in [4.69, 9.17) is 0 Å². The van der Waals surface area contributed by atoms with Crippen molar-refractivity contribution in [2.45, 2.75) is 45.2 Å². The molecule has 1 N–H and O–H groups in total. The Morgan fingerprint density at radius 2 is 1.95 bits per heavy atom. The van der Waals surface area contributed by atoms with Crippen molar-refractivity contribution >= 4 is 17.5 Å². The van der Waals surface area contributed by atoms with E-state index in [9.17, 15) is 18.4 Å². The van der Waals surface area contributed by atoms with E-state index in [1.807, 2.05) is 6.92 Å². The molecule has 0 radical (unpaired) electrons. The Hall–Kier alpha value is -1.98. The summed E-state index contributed by atoms with van der Waals surface area (Å²) in [5.74, 6) is -2.87. The van der Waals surface area contributed by atoms with E-state index >= 15 is 0 Å². The molecule has 21 heavy (non-hydrogen) atoms. The molecule has 4 nitrogen and oxygen atoms in total. The number of carbonyl (C=O) groups excluding carboxylic acids is 2. The van der Waals surface area contributed by atoms with Crippen molar-refractivity contribution in [2.24, 2.45) is 0 Å². The molecule has 114 valence electrons. The number of amides is 2. The van der Waals surface area contributed by atoms with Gasteiger partial charge in [-0.15, -0.1) is 0 Å². The summed E-state index contributed by atoms with van der Waals surface area (Å²) >= 11 is 0. The normalized spacial score (nSPS) is 22.4. The zero-order chi connectivity index (χ0) is 15.6. The maximum Gasteiger partial charge on any atom is 0.250 e. The van der Waals surface area contributed by atoms with Crippen molar-refractivity contribution in [1.82, 2.24) is 5.32 Å². The number of hydrogen-bond donors (Lipinski definition) is 1. The average molecular weight is 296 g/mol. The van der Waals surface area contributed by atoms with Gasteiger partial charge in [0.25, 0.3) is 0 Å². The van der Waals surface area contributed by atoms with Crippen LogP contribution in [-0.2, 0) is 9.59 Å². The van der Waals surface area contributed by atoms with Crippen molar-refractivity contribution in [3.63, 3.8) is 0 Å². The van der Waals surface area contributed by atoms with Crippen molar-refractivity contribution in [3.8, 4) is 0 Å². The van der Waals surface area contributed by atoms with E-state index in [0.717, 1.165) is 11.0 Å². The van der Waals surface area contributed by atoms with E-state index in [2.05, 4.69) is 5.32 Å². The highest BCUT2D eigenvalue weighted by Crippen LogP contribution is 2.28. The summed E-state index contributed by atoms with van der Waals surface area (Å²) in [6.07, 6.45) is 1.49. The van der Waals surface area contributed by atoms with Crippen molar-refractivity contribution in [2.75, 3.05) is 4.90 Å². The highest BCUT2D eigenvalue weighted by atomic mass is 19.2. The second-order valence-electron chi connectivity index (χ2n) is 5.06. The van der Waals surface area contributed by atoms with Gasteiger partial charge in [0.05, 0.1) is 5.69 Å². The van der Waals surface area contributed by atoms with Crippen LogP contribution < -0.4 is 10.2 Å². The Labute approximate surface area is 122 Å². The van der Waals surface area contributed by atoms with Crippen LogP contribution in [-0.4, -0.2) is 23.9 Å². The standard InChI is InChI=1S/C15H18F2N2O2/c1-3-6-10-15(21)19(11(4-2)14(20)18-10)12-8-5-7-9(16)13(12)17/h5,7-8,10-11H,3-4,6H2,1-2H3,(H,18,20). The number of rotatable bonds is 4. The molecule has 1 aromatic rings. The maximum absolute atomic E-state index is 14.0. The summed E-state index contributed by atoms with van der Waals surface area (Å²) < 4.78 is 27.4. The first-order chi connectivity index (χ1) is 10.0. The lowest BCUT2D eigenvalue weighted by Gasteiger charge is -2.38. The number of hydrogen-bond acceptors (Lipinski definition) is 2. The lowest BCUT2D eigenvalue weighted by molar-refractivity contribution is -0.134. The number of nitrogens with zero attached hydrogens (tertiary/aromatic N) is 1. The van der Waals surface area contributed by atoms with Gasteiger partial charge >= 0.3 is 0 Å². The number of nitrogens with one attached hydrogen (secondary N) is 1. The summed E-state index contributed by atoms with van der Waals surface area (Å²) in [4.78, 5) is 25.7. The molecule has 1 fully saturated rings. The van der Waals surface area contributed by atoms with Gasteiger partial charge in [0.2, 0.25) is 11.8 Å². The fourth-order valence-electron chi connectivity index (χ4n) is 2.59. The highest BCUT2D eigenvalue weighted by molar-refractivity contribution is 6.08. The zero-order valence-corrected chi connectivity index (χ0v) is 12.0. The third kappa shape index (κ3) is 2.75. The first-order valence-electron chi connectivity index (χ1n) is 7.08. The van der Waals surface area contributed by atoms with Crippen LogP contribution in [0.4, 0.5) is 14.5 Å². The zero-order valence-electron chi connectivity index (χ0n) is 12.0. The van der Waals surface area contributed by atoms with E-state index in [1.165, 1.54) is 12.1 Å². The number of piperazine rings is 1. The molecule has 0 spiro atoms. The minimum Gasteiger partial charge on any atom is -0.342 e. The van der Waals surface area contributed by atoms with Crippen LogP contribution in [0, 0.1) is 11.6 Å². The molecule has 2 amide bonds. The predicted octanol–water partition coefficient (Wildman–Crippen LogP) is 2.37. The SMILES string of the molecule is CCCC1NC(=O)C(CC)N(c2cccc(F)c2F)C1=O. The Morgan fingerprint density at radius 3 is 2.57 bits per heavy atom. The van der Waals surface area contributed by atoms with Gasteiger partial charge in [0.1, 0.15) is 12.1 Å². The quantitative estimate of drug-likeness (QED) is 0.927. The van der Waals surface area contributed by atoms with Gasteiger partial charge in [-0.25, -0.2) is 8.78 Å². The lowest BCUT2D eigenvalue weighted by Crippen LogP contribution is -2.63. The van der Waals surface area contributed by atoms with Gasteiger partial charge in [-0.1, -0.05) is 26.3 Å². The van der Waals surface area contributed by atoms with Gasteiger partial charge in [-0.3, -0.25) is 14.5 Å². The predicted molar refractivity (Wildman–Crippen MR) is 74.8 cm³/mol. The molecule has 6 heteroatoms. The average Bonchev–Trinajstić information content (AvgIpc) is 2.46. The Bertz CT molecular complexity index is 563. The summed E-state index contributed by atoms with van der Waals surface area (Å²) in [6, 6.07) is 2.13. The van der Waals surface area contributed by atoms with Crippen molar-refractivity contribution < 1.29 is 18.4 Å². The molecule has 1 aromatic carbocycles. The first-order valence-corrected chi connectivity index (χ1v) is 7.08. The van der Waals surface area contributed by atoms with Gasteiger partial charge in [0, 0.05) is 0 Å². The van der Waals surface area contributed by atoms with E-state index in [0.29, 0.717) is 19.3 Å². The van der Waals surface area contributed by atoms with Crippen molar-refractivity contribution in [3.05, 3.63) is 29.8 Å². The van der Waals surface area contributed by atoms with Crippen LogP contribution in [0.15, 0.2) is 18.2 Å². The largest absolute Gasteiger partial charge is 0.342 e. The molecule has 2 atom stereocenters. The Morgan fingerprint density at radius 1 is 1.24 bits per heavy atom. The summed E-state index contributed by atoms with van der Waals surface area (Å²) in [5.41, 5.74) is -0.178. The maximum atomic E-state index is 14.0. The molecule has 1 aliphatic heterocycles. The molecule has 0 aliphatic carbocycles. The molecule has 0 aromatic heterocycles. The second kappa shape index (κ2) is 6.20. The molecule has 1 saturated heterocycles. The first kappa shape index (κ1) is 15.4. The van der Waals surface area contributed by atoms with Crippen LogP contribution in [0.5, 0.6) is 0 Å². The van der Waals surface area contributed by atoms with Crippen LogP contribution >= 0.6 is 0 Å². The number of anilines is 1. The van der Waals surface area contributed by atoms with E-state index < -0.39 is 29.6 Å². The molecule has 0 bridgehead atoms. The highest BCUT2D eigenvalue weighted by Gasteiger charge is 2.41. The molecular formula is C15H18F2N2O2. The van der Waals surface area contributed by atoms with E-state index in [1.54, 1.807) is 6.92 Å². The summed E-state index contributed by atoms with van der Waals surface area (Å²) in [6.45, 7) is 3.61. The van der Waals surface area contributed by atoms with Crippen molar-refractivity contribution in [1.29, 1.82) is 0 Å². The minimum absolute atomic E-state index is 0.178. The fourth-order valence-corrected chi connectivity index (χ4v) is 2.59. The van der Waals surface area contributed by atoms with Crippen LogP contribution in [0.1, 0.15) is 33.1 Å². The molecule has 2 unspecified atom stereocenters. The van der Waals surface area contributed by atoms with Crippen LogP contribution in [0.2, 0.25) is 0 Å². The molecule has 1 aliphatic rings. The van der Waals surface area contributed by atoms with Gasteiger partial charge in [-0.05, 0) is 25.0 Å². The van der Waals surface area contributed by atoms with Crippen LogP contribution in [0.25, 0.3) is 0 Å². The molecule has 2 rings (SSSR count). The van der Waals surface area contributed by atoms with Gasteiger partial charge in [-0.2, -0.15) is 0 Å². The lowest BCUT2D eigenvalue weighted by atomic mass is 10.0. The molecular weight excluding hydrogens is 278 g/mol. The number of halogens is 2. The number of carbonyl (C=O) groups is 2. The Kier molecular flexibility index (Phi) is 4.55. The minimum atomic E-state index is -1.10. The topological polar surface area (TPSA) is 49.4 Å². The third-order valence-corrected chi connectivity index (χ3v) is 3.62. The van der Waals surface area contributed by atoms with Crippen LogP contribution in [0.3, 0.4) is 0 Å². The monoisotopic (exact) mass is 296 g/mol. The third-order valence-electron chi connectivity index (χ3n) is 3.62. The summed E-state index contributed by atoms with van der Waals surface area (Å²) in [5, 5.41) is 2.66. The number of benzene rings is 1.